The van der Waals surface area contributed by atoms with Gasteiger partial charge in [0.2, 0.25) is 5.91 Å². The molecule has 0 saturated heterocycles. The number of rotatable bonds is 7. The fraction of sp³-hybridized carbons (Fsp3) is 0.389. The molecule has 23 heavy (non-hydrogen) atoms. The molecule has 2 aromatic rings. The zero-order chi connectivity index (χ0) is 16.1. The molecule has 1 aromatic heterocycles. The highest BCUT2D eigenvalue weighted by Crippen LogP contribution is 2.39. The van der Waals surface area contributed by atoms with Gasteiger partial charge in [0.25, 0.3) is 0 Å². The lowest BCUT2D eigenvalue weighted by Crippen LogP contribution is -2.42. The topological polar surface area (TPSA) is 58.6 Å². The minimum atomic E-state index is -0.228. The molecule has 4 nitrogen and oxygen atoms in total. The van der Waals surface area contributed by atoms with Gasteiger partial charge in [-0.25, -0.2) is 0 Å². The lowest BCUT2D eigenvalue weighted by Gasteiger charge is -2.37. The third-order valence-electron chi connectivity index (χ3n) is 4.13. The van der Waals surface area contributed by atoms with E-state index in [1.807, 2.05) is 47.8 Å². The molecule has 1 aliphatic rings. The highest BCUT2D eigenvalue weighted by molar-refractivity contribution is 7.10. The van der Waals surface area contributed by atoms with Gasteiger partial charge in [0.15, 0.2) is 0 Å². The van der Waals surface area contributed by atoms with Crippen LogP contribution in [0.5, 0.6) is 0 Å². The summed E-state index contributed by atoms with van der Waals surface area (Å²) >= 11 is 1.64. The average Bonchev–Trinajstić information content (AvgIpc) is 3.05. The van der Waals surface area contributed by atoms with E-state index in [9.17, 15) is 9.90 Å². The van der Waals surface area contributed by atoms with E-state index in [2.05, 4.69) is 5.32 Å². The predicted molar refractivity (Wildman–Crippen MR) is 90.0 cm³/mol. The van der Waals surface area contributed by atoms with Crippen LogP contribution in [0, 0.1) is 5.92 Å². The third kappa shape index (κ3) is 4.41. The van der Waals surface area contributed by atoms with Crippen LogP contribution < -0.4 is 5.32 Å². The molecule has 0 radical (unpaired) electrons. The number of carbonyl (C=O) groups is 1. The SMILES string of the molecule is O=C(COCc1ccccc1)NC(c1cccs1)C1CC(O)C1. The molecule has 3 rings (SSSR count). The van der Waals surface area contributed by atoms with E-state index in [0.717, 1.165) is 23.3 Å². The van der Waals surface area contributed by atoms with Gasteiger partial charge in [-0.15, -0.1) is 11.3 Å². The van der Waals surface area contributed by atoms with E-state index in [1.165, 1.54) is 0 Å². The second-order valence-electron chi connectivity index (χ2n) is 5.92. The summed E-state index contributed by atoms with van der Waals surface area (Å²) in [5, 5.41) is 14.6. The number of ether oxygens (including phenoxy) is 1. The van der Waals surface area contributed by atoms with Crippen molar-refractivity contribution < 1.29 is 14.6 Å². The van der Waals surface area contributed by atoms with Crippen molar-refractivity contribution in [2.75, 3.05) is 6.61 Å². The molecule has 1 saturated carbocycles. The number of thiophene rings is 1. The van der Waals surface area contributed by atoms with Crippen molar-refractivity contribution in [3.63, 3.8) is 0 Å². The maximum atomic E-state index is 12.2. The van der Waals surface area contributed by atoms with Crippen molar-refractivity contribution in [1.82, 2.24) is 5.32 Å². The number of benzene rings is 1. The normalized spacial score (nSPS) is 21.4. The second kappa shape index (κ2) is 7.73. The minimum Gasteiger partial charge on any atom is -0.393 e. The van der Waals surface area contributed by atoms with E-state index in [4.69, 9.17) is 4.74 Å². The predicted octanol–water partition coefficient (Wildman–Crippen LogP) is 2.89. The van der Waals surface area contributed by atoms with Gasteiger partial charge in [-0.2, -0.15) is 0 Å². The smallest absolute Gasteiger partial charge is 0.246 e. The maximum Gasteiger partial charge on any atom is 0.246 e. The monoisotopic (exact) mass is 331 g/mol. The Kier molecular flexibility index (Phi) is 5.43. The van der Waals surface area contributed by atoms with Crippen LogP contribution in [0.15, 0.2) is 47.8 Å². The van der Waals surface area contributed by atoms with Crippen molar-refractivity contribution in [3.05, 3.63) is 58.3 Å². The van der Waals surface area contributed by atoms with Gasteiger partial charge >= 0.3 is 0 Å². The van der Waals surface area contributed by atoms with Gasteiger partial charge in [0.05, 0.1) is 18.8 Å². The molecule has 1 atom stereocenters. The van der Waals surface area contributed by atoms with Crippen LogP contribution in [0.25, 0.3) is 0 Å². The number of amides is 1. The molecule has 1 fully saturated rings. The van der Waals surface area contributed by atoms with Crippen molar-refractivity contribution >= 4 is 17.2 Å². The number of aliphatic hydroxyl groups is 1. The Balaban J connectivity index is 1.50. The maximum absolute atomic E-state index is 12.2. The van der Waals surface area contributed by atoms with Crippen LogP contribution in [0.2, 0.25) is 0 Å². The quantitative estimate of drug-likeness (QED) is 0.820. The Hall–Kier alpha value is -1.69. The highest BCUT2D eigenvalue weighted by atomic mass is 32.1. The van der Waals surface area contributed by atoms with E-state index >= 15 is 0 Å². The first-order valence-corrected chi connectivity index (χ1v) is 8.73. The molecule has 1 aromatic carbocycles. The molecule has 1 amide bonds. The van der Waals surface area contributed by atoms with Crippen molar-refractivity contribution in [2.45, 2.75) is 31.6 Å². The molecule has 0 spiro atoms. The van der Waals surface area contributed by atoms with E-state index in [0.29, 0.717) is 12.5 Å². The van der Waals surface area contributed by atoms with Crippen LogP contribution in [-0.4, -0.2) is 23.7 Å². The average molecular weight is 331 g/mol. The van der Waals surface area contributed by atoms with E-state index < -0.39 is 0 Å². The highest BCUT2D eigenvalue weighted by Gasteiger charge is 2.36. The minimum absolute atomic E-state index is 0.0220. The lowest BCUT2D eigenvalue weighted by atomic mass is 9.77. The Bertz CT molecular complexity index is 608. The largest absolute Gasteiger partial charge is 0.393 e. The van der Waals surface area contributed by atoms with Gasteiger partial charge < -0.3 is 15.2 Å². The first-order valence-electron chi connectivity index (χ1n) is 7.85. The Morgan fingerprint density at radius 3 is 2.70 bits per heavy atom. The van der Waals surface area contributed by atoms with Gasteiger partial charge in [-0.1, -0.05) is 36.4 Å². The summed E-state index contributed by atoms with van der Waals surface area (Å²) in [6, 6.07) is 13.8. The summed E-state index contributed by atoms with van der Waals surface area (Å²) in [5.74, 6) is 0.197. The van der Waals surface area contributed by atoms with Crippen molar-refractivity contribution in [1.29, 1.82) is 0 Å². The summed E-state index contributed by atoms with van der Waals surface area (Å²) in [5.41, 5.74) is 1.05. The molecule has 122 valence electrons. The summed E-state index contributed by atoms with van der Waals surface area (Å²) in [4.78, 5) is 13.3. The zero-order valence-electron chi connectivity index (χ0n) is 12.9. The molecular weight excluding hydrogens is 310 g/mol. The second-order valence-corrected chi connectivity index (χ2v) is 6.90. The third-order valence-corrected chi connectivity index (χ3v) is 5.09. The fourth-order valence-electron chi connectivity index (χ4n) is 2.84. The summed E-state index contributed by atoms with van der Waals surface area (Å²) in [6.45, 7) is 0.478. The fourth-order valence-corrected chi connectivity index (χ4v) is 3.71. The van der Waals surface area contributed by atoms with Crippen molar-refractivity contribution in [2.24, 2.45) is 5.92 Å². The van der Waals surface area contributed by atoms with Crippen molar-refractivity contribution in [3.8, 4) is 0 Å². The van der Waals surface area contributed by atoms with E-state index in [-0.39, 0.29) is 24.7 Å². The van der Waals surface area contributed by atoms with Crippen LogP contribution >= 0.6 is 11.3 Å². The number of nitrogens with one attached hydrogen (secondary N) is 1. The number of hydrogen-bond acceptors (Lipinski definition) is 4. The molecule has 5 heteroatoms. The molecule has 2 N–H and O–H groups in total. The Morgan fingerprint density at radius 1 is 1.26 bits per heavy atom. The van der Waals surface area contributed by atoms with Crippen LogP contribution in [-0.2, 0) is 16.1 Å². The molecule has 1 unspecified atom stereocenters. The molecule has 1 heterocycles. The molecule has 1 aliphatic carbocycles. The molecule has 0 aliphatic heterocycles. The summed E-state index contributed by atoms with van der Waals surface area (Å²) in [6.07, 6.45) is 1.26. The van der Waals surface area contributed by atoms with Gasteiger partial charge in [-0.3, -0.25) is 4.79 Å². The van der Waals surface area contributed by atoms with Crippen LogP contribution in [0.4, 0.5) is 0 Å². The number of hydrogen-bond donors (Lipinski definition) is 2. The van der Waals surface area contributed by atoms with Gasteiger partial charge in [0.1, 0.15) is 6.61 Å². The van der Waals surface area contributed by atoms with Gasteiger partial charge in [0, 0.05) is 4.88 Å². The number of carbonyl (C=O) groups excluding carboxylic acids is 1. The standard InChI is InChI=1S/C18H21NO3S/c20-15-9-14(10-15)18(16-7-4-8-23-16)19-17(21)12-22-11-13-5-2-1-3-6-13/h1-8,14-15,18,20H,9-12H2,(H,19,21). The van der Waals surface area contributed by atoms with Gasteiger partial charge in [-0.05, 0) is 35.8 Å². The summed E-state index contributed by atoms with van der Waals surface area (Å²) < 4.78 is 5.49. The Labute approximate surface area is 140 Å². The molecule has 0 bridgehead atoms. The van der Waals surface area contributed by atoms with Crippen LogP contribution in [0.3, 0.4) is 0 Å². The summed E-state index contributed by atoms with van der Waals surface area (Å²) in [7, 11) is 0. The lowest BCUT2D eigenvalue weighted by molar-refractivity contribution is -0.128. The van der Waals surface area contributed by atoms with Crippen LogP contribution in [0.1, 0.15) is 29.3 Å². The number of aliphatic hydroxyl groups excluding tert-OH is 1. The zero-order valence-corrected chi connectivity index (χ0v) is 13.7. The van der Waals surface area contributed by atoms with E-state index in [1.54, 1.807) is 11.3 Å². The first kappa shape index (κ1) is 16.2. The molecular formula is C18H21NO3S. The Morgan fingerprint density at radius 2 is 2.04 bits per heavy atom. The first-order chi connectivity index (χ1) is 11.2.